The van der Waals surface area contributed by atoms with E-state index in [9.17, 15) is 0 Å². The molecule has 0 saturated heterocycles. The molecule has 0 amide bonds. The SMILES string of the molecule is [C-]#[N+]c1ccc(-c2ccc(-n3c4ccccc4c4cccc(-n5c6ccccc6c6ccccc65)c43)cc2)cc1-n1c2ccccc2c2c([N+]#[C-])cccc21. The van der Waals surface area contributed by atoms with Crippen LogP contribution in [0, 0.1) is 13.1 Å². The molecule has 5 nitrogen and oxygen atoms in total. The summed E-state index contributed by atoms with van der Waals surface area (Å²) in [6, 6.07) is 61.4. The Hall–Kier alpha value is -7.86. The molecule has 0 aliphatic carbocycles. The molecule has 0 aliphatic heterocycles. The van der Waals surface area contributed by atoms with E-state index in [2.05, 4.69) is 157 Å². The van der Waals surface area contributed by atoms with Crippen molar-refractivity contribution in [1.82, 2.24) is 13.7 Å². The van der Waals surface area contributed by atoms with Crippen LogP contribution in [0.5, 0.6) is 0 Å². The number of fused-ring (bicyclic) bond motifs is 9. The van der Waals surface area contributed by atoms with Crippen molar-refractivity contribution >= 4 is 76.8 Å². The molecule has 0 unspecified atom stereocenters. The van der Waals surface area contributed by atoms with E-state index >= 15 is 0 Å². The molecule has 5 heteroatoms. The first kappa shape index (κ1) is 30.7. The van der Waals surface area contributed by atoms with Crippen molar-refractivity contribution in [3.8, 4) is 28.2 Å². The van der Waals surface area contributed by atoms with Crippen LogP contribution in [0.15, 0.2) is 176 Å². The van der Waals surface area contributed by atoms with E-state index in [4.69, 9.17) is 13.1 Å². The topological polar surface area (TPSA) is 23.5 Å². The van der Waals surface area contributed by atoms with Gasteiger partial charge >= 0.3 is 0 Å². The first-order valence-electron chi connectivity index (χ1n) is 18.3. The van der Waals surface area contributed by atoms with Crippen LogP contribution in [0.3, 0.4) is 0 Å². The van der Waals surface area contributed by atoms with E-state index in [1.54, 1.807) is 0 Å². The Morgan fingerprint density at radius 3 is 1.49 bits per heavy atom. The minimum Gasteiger partial charge on any atom is -0.320 e. The molecular formula is C50H29N5. The average Bonchev–Trinajstić information content (AvgIpc) is 3.89. The molecule has 11 rings (SSSR count). The fraction of sp³-hybridized carbons (Fsp3) is 0. The third kappa shape index (κ3) is 4.39. The van der Waals surface area contributed by atoms with Crippen LogP contribution in [0.25, 0.3) is 103 Å². The van der Waals surface area contributed by atoms with Gasteiger partial charge in [0.25, 0.3) is 0 Å². The van der Waals surface area contributed by atoms with Gasteiger partial charge in [0.15, 0.2) is 5.69 Å². The van der Waals surface area contributed by atoms with Crippen LogP contribution >= 0.6 is 0 Å². The highest BCUT2D eigenvalue weighted by Gasteiger charge is 2.21. The van der Waals surface area contributed by atoms with Gasteiger partial charge in [-0.2, -0.15) is 0 Å². The maximum atomic E-state index is 8.11. The Kier molecular flexibility index (Phi) is 6.61. The van der Waals surface area contributed by atoms with Crippen LogP contribution in [0.1, 0.15) is 0 Å². The van der Waals surface area contributed by atoms with Crippen molar-refractivity contribution in [2.45, 2.75) is 0 Å². The summed E-state index contributed by atoms with van der Waals surface area (Å²) in [5.74, 6) is 0. The molecule has 0 aliphatic rings. The summed E-state index contributed by atoms with van der Waals surface area (Å²) in [5, 5.41) is 6.78. The van der Waals surface area contributed by atoms with E-state index in [0.717, 1.165) is 61.0 Å². The van der Waals surface area contributed by atoms with Gasteiger partial charge in [0.05, 0.1) is 52.1 Å². The second-order valence-corrected chi connectivity index (χ2v) is 13.9. The summed E-state index contributed by atoms with van der Waals surface area (Å²) in [6.07, 6.45) is 0. The second-order valence-electron chi connectivity index (χ2n) is 13.9. The molecule has 0 radical (unpaired) electrons. The fourth-order valence-electron chi connectivity index (χ4n) is 8.76. The summed E-state index contributed by atoms with van der Waals surface area (Å²) in [7, 11) is 0. The number of aromatic nitrogens is 3. The third-order valence-corrected chi connectivity index (χ3v) is 11.1. The highest BCUT2D eigenvalue weighted by molar-refractivity contribution is 6.16. The zero-order chi connectivity index (χ0) is 36.6. The lowest BCUT2D eigenvalue weighted by Crippen LogP contribution is -2.00. The van der Waals surface area contributed by atoms with Crippen molar-refractivity contribution < 1.29 is 0 Å². The molecule has 3 aromatic heterocycles. The maximum absolute atomic E-state index is 8.11. The van der Waals surface area contributed by atoms with Crippen molar-refractivity contribution in [3.63, 3.8) is 0 Å². The molecule has 55 heavy (non-hydrogen) atoms. The number of rotatable bonds is 4. The Labute approximate surface area is 316 Å². The largest absolute Gasteiger partial charge is 0.320 e. The first-order valence-corrected chi connectivity index (χ1v) is 18.3. The molecule has 0 fully saturated rings. The third-order valence-electron chi connectivity index (χ3n) is 11.1. The highest BCUT2D eigenvalue weighted by atomic mass is 15.1. The van der Waals surface area contributed by atoms with Crippen LogP contribution in [-0.2, 0) is 0 Å². The van der Waals surface area contributed by atoms with Gasteiger partial charge in [0, 0.05) is 38.1 Å². The summed E-state index contributed by atoms with van der Waals surface area (Å²) in [5.41, 5.74) is 12.7. The maximum Gasteiger partial charge on any atom is 0.210 e. The normalized spacial score (nSPS) is 11.6. The molecule has 0 bridgehead atoms. The minimum absolute atomic E-state index is 0.555. The quantitative estimate of drug-likeness (QED) is 0.163. The number of benzene rings is 8. The molecule has 254 valence electrons. The highest BCUT2D eigenvalue weighted by Crippen LogP contribution is 2.42. The van der Waals surface area contributed by atoms with Crippen molar-refractivity contribution in [2.75, 3.05) is 0 Å². The van der Waals surface area contributed by atoms with Crippen molar-refractivity contribution in [1.29, 1.82) is 0 Å². The van der Waals surface area contributed by atoms with Gasteiger partial charge in [-0.15, -0.1) is 0 Å². The standard InChI is InChI=1S/C50H29N5/c1-51-40-30-27-33(31-48(40)55-45-22-10-6-16-39(45)49-41(52-2)18-12-23-46(49)55)32-25-28-34(29-26-32)53-42-19-7-5-15-37(42)38-17-11-24-47(50(38)53)54-43-20-8-3-13-35(43)36-14-4-9-21-44(36)54/h3-31H. The van der Waals surface area contributed by atoms with E-state index in [-0.39, 0.29) is 0 Å². The fourth-order valence-corrected chi connectivity index (χ4v) is 8.76. The summed E-state index contributed by atoms with van der Waals surface area (Å²) in [4.78, 5) is 7.80. The van der Waals surface area contributed by atoms with Crippen molar-refractivity contribution in [2.24, 2.45) is 0 Å². The van der Waals surface area contributed by atoms with Gasteiger partial charge in [-0.1, -0.05) is 121 Å². The zero-order valence-electron chi connectivity index (χ0n) is 29.5. The number of nitrogens with zero attached hydrogens (tertiary/aromatic N) is 5. The summed E-state index contributed by atoms with van der Waals surface area (Å²) >= 11 is 0. The number of hydrogen-bond acceptors (Lipinski definition) is 0. The monoisotopic (exact) mass is 699 g/mol. The predicted octanol–water partition coefficient (Wildman–Crippen LogP) is 13.7. The van der Waals surface area contributed by atoms with Crippen molar-refractivity contribution in [3.05, 3.63) is 199 Å². The number of para-hydroxylation sites is 5. The number of hydrogen-bond donors (Lipinski definition) is 0. The van der Waals surface area contributed by atoms with Gasteiger partial charge in [-0.3, -0.25) is 0 Å². The van der Waals surface area contributed by atoms with Gasteiger partial charge < -0.3 is 13.7 Å². The molecule has 0 atom stereocenters. The average molecular weight is 700 g/mol. The molecule has 8 aromatic carbocycles. The van der Waals surface area contributed by atoms with E-state index in [0.29, 0.717) is 11.4 Å². The van der Waals surface area contributed by atoms with E-state index < -0.39 is 0 Å². The molecular weight excluding hydrogens is 671 g/mol. The van der Waals surface area contributed by atoms with E-state index in [1.165, 1.54) is 32.6 Å². The Morgan fingerprint density at radius 2 is 0.836 bits per heavy atom. The lowest BCUT2D eigenvalue weighted by atomic mass is 10.0. The van der Waals surface area contributed by atoms with Gasteiger partial charge in [-0.05, 0) is 71.1 Å². The van der Waals surface area contributed by atoms with Gasteiger partial charge in [0.1, 0.15) is 0 Å². The van der Waals surface area contributed by atoms with Crippen LogP contribution in [0.4, 0.5) is 11.4 Å². The molecule has 0 spiro atoms. The van der Waals surface area contributed by atoms with E-state index in [1.807, 2.05) is 42.5 Å². The van der Waals surface area contributed by atoms with Crippen LogP contribution in [-0.4, -0.2) is 13.7 Å². The van der Waals surface area contributed by atoms with Crippen LogP contribution in [0.2, 0.25) is 0 Å². The lowest BCUT2D eigenvalue weighted by molar-refractivity contribution is 1.13. The first-order chi connectivity index (χ1) is 27.2. The Balaban J connectivity index is 1.11. The second kappa shape index (κ2) is 11.8. The molecule has 3 heterocycles. The molecule has 0 N–H and O–H groups in total. The summed E-state index contributed by atoms with van der Waals surface area (Å²) < 4.78 is 6.94. The smallest absolute Gasteiger partial charge is 0.210 e. The van der Waals surface area contributed by atoms with Gasteiger partial charge in [0.2, 0.25) is 5.69 Å². The zero-order valence-corrected chi connectivity index (χ0v) is 29.5. The van der Waals surface area contributed by atoms with Crippen LogP contribution < -0.4 is 0 Å². The molecule has 0 saturated carbocycles. The lowest BCUT2D eigenvalue weighted by Gasteiger charge is -2.15. The minimum atomic E-state index is 0.555. The Bertz CT molecular complexity index is 3400. The summed E-state index contributed by atoms with van der Waals surface area (Å²) in [6.45, 7) is 16.0. The van der Waals surface area contributed by atoms with Gasteiger partial charge in [-0.25, -0.2) is 9.69 Å². The molecule has 11 aromatic rings. The predicted molar refractivity (Wildman–Crippen MR) is 227 cm³/mol. The Morgan fingerprint density at radius 1 is 0.345 bits per heavy atom.